The van der Waals surface area contributed by atoms with Gasteiger partial charge in [-0.25, -0.2) is 9.59 Å². The molecule has 3 aromatic rings. The van der Waals surface area contributed by atoms with Gasteiger partial charge in [0.05, 0.1) is 29.5 Å². The zero-order chi connectivity index (χ0) is 31.4. The van der Waals surface area contributed by atoms with Crippen molar-refractivity contribution in [3.63, 3.8) is 0 Å². The molecule has 0 bridgehead atoms. The lowest BCUT2D eigenvalue weighted by atomic mass is 9.98. The van der Waals surface area contributed by atoms with Crippen LogP contribution in [0, 0.1) is 5.92 Å². The Kier molecular flexibility index (Phi) is 9.21. The highest BCUT2D eigenvalue weighted by molar-refractivity contribution is 6.04. The molecule has 12 nitrogen and oxygen atoms in total. The van der Waals surface area contributed by atoms with Crippen LogP contribution in [0.5, 0.6) is 17.2 Å². The van der Waals surface area contributed by atoms with Gasteiger partial charge >= 0.3 is 12.0 Å². The number of aliphatic hydroxyl groups excluding tert-OH is 1. The average molecular weight is 605 g/mol. The molecule has 3 aromatic carbocycles. The Hall–Kier alpha value is -4.81. The Morgan fingerprint density at radius 2 is 1.82 bits per heavy atom. The fourth-order valence-corrected chi connectivity index (χ4v) is 5.25. The molecule has 2 aliphatic heterocycles. The number of urea groups is 1. The number of carbonyl (C=O) groups is 3. The fourth-order valence-electron chi connectivity index (χ4n) is 5.25. The van der Waals surface area contributed by atoms with Crippen molar-refractivity contribution in [2.45, 2.75) is 32.5 Å². The molecule has 44 heavy (non-hydrogen) atoms. The number of ether oxygens (including phenoxy) is 3. The van der Waals surface area contributed by atoms with E-state index < -0.39 is 24.1 Å². The molecule has 232 valence electrons. The van der Waals surface area contributed by atoms with Gasteiger partial charge < -0.3 is 40.0 Å². The van der Waals surface area contributed by atoms with E-state index in [4.69, 9.17) is 14.2 Å². The van der Waals surface area contributed by atoms with E-state index in [1.807, 2.05) is 14.0 Å². The molecule has 0 saturated heterocycles. The summed E-state index contributed by atoms with van der Waals surface area (Å²) in [5.74, 6) is -0.0726. The van der Waals surface area contributed by atoms with Gasteiger partial charge in [-0.2, -0.15) is 0 Å². The Morgan fingerprint density at radius 3 is 2.55 bits per heavy atom. The van der Waals surface area contributed by atoms with Crippen LogP contribution in [0.15, 0.2) is 60.7 Å². The van der Waals surface area contributed by atoms with E-state index in [9.17, 15) is 24.6 Å². The Labute approximate surface area is 255 Å². The number of carboxylic acid groups (broad SMARTS) is 1. The van der Waals surface area contributed by atoms with E-state index in [2.05, 4.69) is 15.5 Å². The average Bonchev–Trinajstić information content (AvgIpc) is 3.47. The number of amides is 3. The number of likely N-dealkylation sites (N-methyl/N-ethyl adjacent to an activating group) is 1. The van der Waals surface area contributed by atoms with Crippen molar-refractivity contribution in [2.24, 2.45) is 5.92 Å². The van der Waals surface area contributed by atoms with Gasteiger partial charge in [-0.3, -0.25) is 9.69 Å². The number of nitrogens with zero attached hydrogens (tertiary/aromatic N) is 2. The highest BCUT2D eigenvalue weighted by Gasteiger charge is 2.34. The second-order valence-corrected chi connectivity index (χ2v) is 11.2. The minimum Gasteiger partial charge on any atom is -0.486 e. The molecular weight excluding hydrogens is 568 g/mol. The number of fused-ring (bicyclic) bond motifs is 2. The van der Waals surface area contributed by atoms with Crippen molar-refractivity contribution < 1.29 is 38.8 Å². The van der Waals surface area contributed by atoms with Gasteiger partial charge in [-0.1, -0.05) is 25.1 Å². The second kappa shape index (κ2) is 13.2. The minimum atomic E-state index is -0.981. The number of benzene rings is 3. The quantitative estimate of drug-likeness (QED) is 0.283. The molecule has 2 aliphatic rings. The van der Waals surface area contributed by atoms with Crippen LogP contribution in [0.2, 0.25) is 0 Å². The van der Waals surface area contributed by atoms with E-state index in [0.29, 0.717) is 42.5 Å². The normalized spacial score (nSPS) is 18.1. The van der Waals surface area contributed by atoms with Crippen LogP contribution in [0.1, 0.15) is 40.1 Å². The van der Waals surface area contributed by atoms with Gasteiger partial charge in [-0.05, 0) is 55.9 Å². The maximum absolute atomic E-state index is 13.7. The summed E-state index contributed by atoms with van der Waals surface area (Å²) >= 11 is 0. The molecule has 3 amide bonds. The lowest BCUT2D eigenvalue weighted by Crippen LogP contribution is -2.49. The first kappa shape index (κ1) is 30.6. The molecule has 3 atom stereocenters. The van der Waals surface area contributed by atoms with E-state index >= 15 is 0 Å². The summed E-state index contributed by atoms with van der Waals surface area (Å²) in [7, 11) is 1.93. The first-order chi connectivity index (χ1) is 21.1. The number of rotatable bonds is 9. The van der Waals surface area contributed by atoms with Crippen LogP contribution in [-0.4, -0.2) is 83.6 Å². The molecule has 0 aliphatic carbocycles. The molecular formula is C32H36N4O8. The van der Waals surface area contributed by atoms with Gasteiger partial charge in [0, 0.05) is 37.3 Å². The Bertz CT molecular complexity index is 1530. The smallest absolute Gasteiger partial charge is 0.335 e. The van der Waals surface area contributed by atoms with Crippen LogP contribution in [0.4, 0.5) is 16.2 Å². The summed E-state index contributed by atoms with van der Waals surface area (Å²) in [4.78, 5) is 41.8. The molecule has 0 unspecified atom stereocenters. The number of hydrogen-bond acceptors (Lipinski definition) is 8. The molecule has 5 rings (SSSR count). The van der Waals surface area contributed by atoms with E-state index in [0.717, 1.165) is 5.56 Å². The van der Waals surface area contributed by atoms with Crippen molar-refractivity contribution in [3.8, 4) is 17.2 Å². The molecule has 0 saturated carbocycles. The van der Waals surface area contributed by atoms with Crippen LogP contribution >= 0.6 is 0 Å². The molecule has 0 radical (unpaired) electrons. The maximum Gasteiger partial charge on any atom is 0.335 e. The summed E-state index contributed by atoms with van der Waals surface area (Å²) < 4.78 is 17.3. The predicted octanol–water partition coefficient (Wildman–Crippen LogP) is 4.11. The number of nitrogens with one attached hydrogen (secondary N) is 2. The largest absolute Gasteiger partial charge is 0.486 e. The van der Waals surface area contributed by atoms with Crippen LogP contribution in [-0.2, 0) is 6.54 Å². The number of aromatic carboxylic acids is 1. The summed E-state index contributed by atoms with van der Waals surface area (Å²) in [5.41, 5.74) is 2.24. The van der Waals surface area contributed by atoms with E-state index in [-0.39, 0.29) is 42.1 Å². The van der Waals surface area contributed by atoms with Gasteiger partial charge in [0.2, 0.25) is 6.79 Å². The van der Waals surface area contributed by atoms with Crippen molar-refractivity contribution in [1.29, 1.82) is 0 Å². The molecule has 0 spiro atoms. The van der Waals surface area contributed by atoms with Gasteiger partial charge in [0.15, 0.2) is 17.2 Å². The number of anilines is 2. The SMILES string of the molecule is C[C@H](CO)N1C[C@H](C)[C@@H](CN(C)Cc2ccc(C(=O)O)cc2)Oc2c(NC(=O)Nc3ccc4c(c3)OCO4)cccc2C1=O. The zero-order valence-corrected chi connectivity index (χ0v) is 24.8. The highest BCUT2D eigenvalue weighted by atomic mass is 16.7. The van der Waals surface area contributed by atoms with E-state index in [1.165, 1.54) is 0 Å². The highest BCUT2D eigenvalue weighted by Crippen LogP contribution is 2.36. The Morgan fingerprint density at radius 1 is 1.07 bits per heavy atom. The summed E-state index contributed by atoms with van der Waals surface area (Å²) in [6.07, 6.45) is -0.404. The van der Waals surface area contributed by atoms with Crippen molar-refractivity contribution in [2.75, 3.05) is 44.2 Å². The molecule has 0 aromatic heterocycles. The molecule has 2 heterocycles. The zero-order valence-electron chi connectivity index (χ0n) is 24.8. The van der Waals surface area contributed by atoms with Crippen LogP contribution in [0.25, 0.3) is 0 Å². The van der Waals surface area contributed by atoms with Crippen LogP contribution < -0.4 is 24.8 Å². The fraction of sp³-hybridized carbons (Fsp3) is 0.344. The monoisotopic (exact) mass is 604 g/mol. The third-order valence-electron chi connectivity index (χ3n) is 7.71. The third-order valence-corrected chi connectivity index (χ3v) is 7.71. The minimum absolute atomic E-state index is 0.115. The number of aliphatic hydroxyl groups is 1. The summed E-state index contributed by atoms with van der Waals surface area (Å²) in [5, 5.41) is 24.8. The number of para-hydroxylation sites is 1. The number of carbonyl (C=O) groups excluding carboxylic acids is 2. The van der Waals surface area contributed by atoms with Crippen molar-refractivity contribution >= 4 is 29.3 Å². The number of carboxylic acids is 1. The van der Waals surface area contributed by atoms with Crippen molar-refractivity contribution in [1.82, 2.24) is 9.80 Å². The molecule has 0 fully saturated rings. The van der Waals surface area contributed by atoms with E-state index in [1.54, 1.807) is 72.5 Å². The Balaban J connectivity index is 1.39. The first-order valence-corrected chi connectivity index (χ1v) is 14.3. The maximum atomic E-state index is 13.7. The summed E-state index contributed by atoms with van der Waals surface area (Å²) in [6.45, 7) is 5.04. The van der Waals surface area contributed by atoms with Gasteiger partial charge in [0.25, 0.3) is 5.91 Å². The molecule has 4 N–H and O–H groups in total. The van der Waals surface area contributed by atoms with Gasteiger partial charge in [-0.15, -0.1) is 0 Å². The van der Waals surface area contributed by atoms with Crippen molar-refractivity contribution in [3.05, 3.63) is 77.4 Å². The standard InChI is InChI=1S/C32H36N4O8/c1-19-14-36(20(2)17-37)30(38)24-5-4-6-25(34-32(41)33-23-11-12-26-27(13-23)43-18-42-26)29(24)44-28(19)16-35(3)15-21-7-9-22(10-8-21)31(39)40/h4-13,19-20,28,37H,14-18H2,1-3H3,(H,39,40)(H2,33,34,41)/t19-,20+,28+/m0/s1. The summed E-state index contributed by atoms with van der Waals surface area (Å²) in [6, 6.07) is 15.8. The first-order valence-electron chi connectivity index (χ1n) is 14.3. The topological polar surface area (TPSA) is 150 Å². The lowest BCUT2D eigenvalue weighted by Gasteiger charge is -2.38. The number of hydrogen-bond donors (Lipinski definition) is 4. The second-order valence-electron chi connectivity index (χ2n) is 11.2. The predicted molar refractivity (Wildman–Crippen MR) is 163 cm³/mol. The third kappa shape index (κ3) is 6.87. The van der Waals surface area contributed by atoms with Gasteiger partial charge in [0.1, 0.15) is 6.10 Å². The lowest BCUT2D eigenvalue weighted by molar-refractivity contribution is 0.0343. The molecule has 12 heteroatoms. The van der Waals surface area contributed by atoms with Crippen LogP contribution in [0.3, 0.4) is 0 Å².